The van der Waals surface area contributed by atoms with Gasteiger partial charge < -0.3 is 14.8 Å². The normalized spacial score (nSPS) is 14.5. The Morgan fingerprint density at radius 3 is 2.44 bits per heavy atom. The summed E-state index contributed by atoms with van der Waals surface area (Å²) < 4.78 is 26.9. The van der Waals surface area contributed by atoms with Crippen molar-refractivity contribution in [2.75, 3.05) is 11.9 Å². The van der Waals surface area contributed by atoms with E-state index in [1.807, 2.05) is 85.8 Å². The van der Waals surface area contributed by atoms with Gasteiger partial charge >= 0.3 is 0 Å². The van der Waals surface area contributed by atoms with Crippen molar-refractivity contribution in [2.24, 2.45) is 4.99 Å². The fourth-order valence-corrected chi connectivity index (χ4v) is 6.20. The van der Waals surface area contributed by atoms with Crippen molar-refractivity contribution < 1.29 is 18.7 Å². The molecular weight excluding hydrogens is 589 g/mol. The van der Waals surface area contributed by atoms with E-state index in [9.17, 15) is 14.0 Å². The van der Waals surface area contributed by atoms with E-state index in [1.165, 1.54) is 23.5 Å². The molecule has 0 saturated heterocycles. The summed E-state index contributed by atoms with van der Waals surface area (Å²) >= 11 is 1.27. The van der Waals surface area contributed by atoms with Gasteiger partial charge in [0.05, 0.1) is 28.5 Å². The first kappa shape index (κ1) is 29.8. The highest BCUT2D eigenvalue weighted by Gasteiger charge is 2.32. The third-order valence-electron chi connectivity index (χ3n) is 7.28. The topological polar surface area (TPSA) is 81.9 Å². The highest BCUT2D eigenvalue weighted by Crippen LogP contribution is 2.32. The van der Waals surface area contributed by atoms with E-state index < -0.39 is 6.04 Å². The van der Waals surface area contributed by atoms with Crippen LogP contribution >= 0.6 is 11.3 Å². The minimum atomic E-state index is -0.701. The van der Waals surface area contributed by atoms with Crippen LogP contribution in [0.4, 0.5) is 10.1 Å². The second-order valence-corrected chi connectivity index (χ2v) is 11.4. The van der Waals surface area contributed by atoms with Crippen molar-refractivity contribution in [3.8, 4) is 11.5 Å². The monoisotopic (exact) mass is 619 g/mol. The molecule has 7 nitrogen and oxygen atoms in total. The number of carbonyl (C=O) groups is 1. The number of ether oxygens (including phenoxy) is 2. The van der Waals surface area contributed by atoms with Crippen molar-refractivity contribution in [3.05, 3.63) is 157 Å². The van der Waals surface area contributed by atoms with Gasteiger partial charge in [-0.3, -0.25) is 14.2 Å². The number of amides is 1. The molecule has 2 heterocycles. The highest BCUT2D eigenvalue weighted by atomic mass is 32.1. The van der Waals surface area contributed by atoms with E-state index in [1.54, 1.807) is 29.7 Å². The maximum atomic E-state index is 14.1. The van der Waals surface area contributed by atoms with Crippen molar-refractivity contribution in [2.45, 2.75) is 26.5 Å². The Kier molecular flexibility index (Phi) is 8.70. The first-order valence-corrected chi connectivity index (χ1v) is 15.3. The molecule has 5 aromatic rings. The molecule has 4 aromatic carbocycles. The molecule has 0 radical (unpaired) electrons. The largest absolute Gasteiger partial charge is 0.494 e. The summed E-state index contributed by atoms with van der Waals surface area (Å²) in [5.74, 6) is 0.683. The van der Waals surface area contributed by atoms with Crippen LogP contribution in [0.1, 0.15) is 36.6 Å². The van der Waals surface area contributed by atoms with Gasteiger partial charge in [0.2, 0.25) is 0 Å². The predicted octanol–water partition coefficient (Wildman–Crippen LogP) is 5.99. The third-order valence-corrected chi connectivity index (χ3v) is 8.26. The van der Waals surface area contributed by atoms with Crippen molar-refractivity contribution in [1.29, 1.82) is 0 Å². The van der Waals surface area contributed by atoms with Crippen LogP contribution in [0, 0.1) is 5.82 Å². The molecule has 0 saturated carbocycles. The molecule has 1 N–H and O–H groups in total. The van der Waals surface area contributed by atoms with Gasteiger partial charge in [0, 0.05) is 5.69 Å². The Labute approximate surface area is 263 Å². The number of benzene rings is 4. The summed E-state index contributed by atoms with van der Waals surface area (Å²) in [6, 6.07) is 29.5. The maximum Gasteiger partial charge on any atom is 0.271 e. The smallest absolute Gasteiger partial charge is 0.271 e. The zero-order valence-electron chi connectivity index (χ0n) is 24.7. The number of rotatable bonds is 9. The van der Waals surface area contributed by atoms with Gasteiger partial charge in [0.15, 0.2) is 4.80 Å². The van der Waals surface area contributed by atoms with E-state index in [0.29, 0.717) is 44.4 Å². The SMILES string of the molecule is CCOc1ccc([C@H]2C(C(=O)Nc3ccccc3)=C(C)N=c3s/c(=C\c4cccc(OCc5ccc(F)cc5)c4)c(=O)n32)cc1. The molecule has 0 aliphatic carbocycles. The molecule has 9 heteroatoms. The quantitative estimate of drug-likeness (QED) is 0.220. The lowest BCUT2D eigenvalue weighted by atomic mass is 9.95. The van der Waals surface area contributed by atoms with E-state index in [2.05, 4.69) is 5.32 Å². The van der Waals surface area contributed by atoms with Crippen LogP contribution < -0.4 is 29.7 Å². The summed E-state index contributed by atoms with van der Waals surface area (Å²) in [6.07, 6.45) is 1.80. The van der Waals surface area contributed by atoms with Gasteiger partial charge in [-0.25, -0.2) is 9.38 Å². The number of hydrogen-bond acceptors (Lipinski definition) is 6. The van der Waals surface area contributed by atoms with Gasteiger partial charge in [-0.05, 0) is 85.1 Å². The summed E-state index contributed by atoms with van der Waals surface area (Å²) in [6.45, 7) is 4.51. The van der Waals surface area contributed by atoms with Crippen molar-refractivity contribution in [1.82, 2.24) is 4.57 Å². The molecule has 1 aliphatic heterocycles. The fourth-order valence-electron chi connectivity index (χ4n) is 5.15. The number of thiazole rings is 1. The Hall–Kier alpha value is -5.28. The Balaban J connectivity index is 1.37. The van der Waals surface area contributed by atoms with Gasteiger partial charge in [0.1, 0.15) is 23.9 Å². The van der Waals surface area contributed by atoms with Gasteiger partial charge in [0.25, 0.3) is 11.5 Å². The molecule has 6 rings (SSSR count). The number of aromatic nitrogens is 1. The summed E-state index contributed by atoms with van der Waals surface area (Å²) in [5, 5.41) is 2.97. The molecule has 45 heavy (non-hydrogen) atoms. The van der Waals surface area contributed by atoms with Crippen molar-refractivity contribution >= 4 is 29.0 Å². The van der Waals surface area contributed by atoms with E-state index in [4.69, 9.17) is 14.5 Å². The first-order valence-electron chi connectivity index (χ1n) is 14.5. The minimum Gasteiger partial charge on any atom is -0.494 e. The van der Waals surface area contributed by atoms with Crippen LogP contribution in [0.3, 0.4) is 0 Å². The zero-order valence-corrected chi connectivity index (χ0v) is 25.5. The molecule has 0 spiro atoms. The number of halogens is 1. The molecule has 1 aliphatic rings. The Morgan fingerprint density at radius 2 is 1.71 bits per heavy atom. The molecule has 226 valence electrons. The number of hydrogen-bond donors (Lipinski definition) is 1. The van der Waals surface area contributed by atoms with Crippen LogP contribution in [0.15, 0.2) is 124 Å². The molecule has 0 bridgehead atoms. The number of carbonyl (C=O) groups excluding carboxylic acids is 1. The van der Waals surface area contributed by atoms with E-state index >= 15 is 0 Å². The van der Waals surface area contributed by atoms with Crippen LogP contribution in [-0.2, 0) is 11.4 Å². The van der Waals surface area contributed by atoms with Crippen LogP contribution in [-0.4, -0.2) is 17.1 Å². The highest BCUT2D eigenvalue weighted by molar-refractivity contribution is 7.07. The summed E-state index contributed by atoms with van der Waals surface area (Å²) in [4.78, 5) is 33.1. The summed E-state index contributed by atoms with van der Waals surface area (Å²) in [7, 11) is 0. The van der Waals surface area contributed by atoms with Crippen LogP contribution in [0.5, 0.6) is 11.5 Å². The van der Waals surface area contributed by atoms with E-state index in [-0.39, 0.29) is 23.9 Å². The molecule has 0 unspecified atom stereocenters. The predicted molar refractivity (Wildman–Crippen MR) is 174 cm³/mol. The van der Waals surface area contributed by atoms with Gasteiger partial charge in [-0.1, -0.05) is 65.9 Å². The standard InChI is InChI=1S/C36H30FN3O4S/c1-3-43-29-18-14-26(15-19-29)33-32(34(41)39-28-9-5-4-6-10-28)23(2)38-36-40(33)35(42)31(45-36)21-25-8-7-11-30(20-25)44-22-24-12-16-27(37)17-13-24/h4-21,33H,3,22H2,1-2H3,(H,39,41)/b31-21-/t33-/m0/s1. The molecule has 1 atom stereocenters. The number of nitrogens with zero attached hydrogens (tertiary/aromatic N) is 2. The lowest BCUT2D eigenvalue weighted by Crippen LogP contribution is -2.40. The molecule has 1 amide bonds. The fraction of sp³-hybridized carbons (Fsp3) is 0.139. The second kappa shape index (κ2) is 13.2. The number of para-hydroxylation sites is 1. The number of anilines is 1. The first-order chi connectivity index (χ1) is 21.9. The lowest BCUT2D eigenvalue weighted by molar-refractivity contribution is -0.113. The average Bonchev–Trinajstić information content (AvgIpc) is 3.35. The molecule has 1 aromatic heterocycles. The minimum absolute atomic E-state index is 0.257. The Bertz CT molecular complexity index is 2050. The van der Waals surface area contributed by atoms with Gasteiger partial charge in [-0.15, -0.1) is 0 Å². The van der Waals surface area contributed by atoms with Crippen molar-refractivity contribution in [3.63, 3.8) is 0 Å². The maximum absolute atomic E-state index is 14.1. The number of allylic oxidation sites excluding steroid dienone is 1. The average molecular weight is 620 g/mol. The van der Waals surface area contributed by atoms with Crippen LogP contribution in [0.2, 0.25) is 0 Å². The number of nitrogens with one attached hydrogen (secondary N) is 1. The second-order valence-electron chi connectivity index (χ2n) is 10.4. The molecule has 0 fully saturated rings. The Morgan fingerprint density at radius 1 is 0.956 bits per heavy atom. The number of fused-ring (bicyclic) bond motifs is 1. The lowest BCUT2D eigenvalue weighted by Gasteiger charge is -2.25. The third kappa shape index (κ3) is 6.63. The summed E-state index contributed by atoms with van der Waals surface area (Å²) in [5.41, 5.74) is 3.68. The van der Waals surface area contributed by atoms with Crippen LogP contribution in [0.25, 0.3) is 6.08 Å². The van der Waals surface area contributed by atoms with Gasteiger partial charge in [-0.2, -0.15) is 0 Å². The van der Waals surface area contributed by atoms with E-state index in [0.717, 1.165) is 16.7 Å². The zero-order chi connectivity index (χ0) is 31.3. The molecular formula is C36H30FN3O4S.